The second-order valence-corrected chi connectivity index (χ2v) is 11.7. The number of hydrogen-bond donors (Lipinski definition) is 1. The Morgan fingerprint density at radius 2 is 1.64 bits per heavy atom. The van der Waals surface area contributed by atoms with E-state index in [1.54, 1.807) is 7.05 Å². The van der Waals surface area contributed by atoms with Gasteiger partial charge in [0.2, 0.25) is 11.8 Å². The molecule has 0 radical (unpaired) electrons. The molecule has 0 heterocycles. The third-order valence-electron chi connectivity index (χ3n) is 0.730. The van der Waals surface area contributed by atoms with Crippen LogP contribution >= 0.6 is 56.8 Å². The minimum atomic E-state index is -2.64. The maximum Gasteiger partial charge on any atom is 0.250 e. The molecule has 1 N–H and O–H groups in total. The molecule has 0 aromatic heterocycles. The molecule has 3 nitrogen and oxygen atoms in total. The minimum Gasteiger partial charge on any atom is -0.262 e. The molecule has 0 fully saturated rings. The third kappa shape index (κ3) is 5.76. The van der Waals surface area contributed by atoms with E-state index in [0.717, 1.165) is 0 Å². The molecule has 0 amide bonds. The van der Waals surface area contributed by atoms with Crippen LogP contribution in [-0.4, -0.2) is 14.1 Å². The maximum atomic E-state index is 5.68. The van der Waals surface area contributed by atoms with Crippen molar-refractivity contribution in [3.63, 3.8) is 0 Å². The Balaban J connectivity index is 4.84. The van der Waals surface area contributed by atoms with E-state index in [4.69, 9.17) is 45.0 Å². The topological polar surface area (TPSA) is 36.8 Å². The van der Waals surface area contributed by atoms with Crippen molar-refractivity contribution >= 4 is 56.8 Å². The van der Waals surface area contributed by atoms with Gasteiger partial charge in [0.25, 0.3) is 0 Å². The third-order valence-corrected chi connectivity index (χ3v) is 7.86. The van der Waals surface area contributed by atoms with Crippen LogP contribution in [0, 0.1) is 0 Å². The Morgan fingerprint density at radius 3 is 1.91 bits per heavy atom. The highest BCUT2D eigenvalue weighted by Crippen LogP contribution is 2.71. The van der Waals surface area contributed by atoms with Gasteiger partial charge in [-0.1, -0.05) is 0 Å². The van der Waals surface area contributed by atoms with Gasteiger partial charge in [-0.3, -0.25) is 9.83 Å². The van der Waals surface area contributed by atoms with Crippen molar-refractivity contribution in [1.82, 2.24) is 5.09 Å². The van der Waals surface area contributed by atoms with Gasteiger partial charge < -0.3 is 0 Å². The summed E-state index contributed by atoms with van der Waals surface area (Å²) in [6, 6.07) is 0. The van der Waals surface area contributed by atoms with Crippen molar-refractivity contribution in [2.45, 2.75) is 0 Å². The average Bonchev–Trinajstić information content (AvgIpc) is 1.86. The van der Waals surface area contributed by atoms with E-state index in [1.165, 1.54) is 7.05 Å². The van der Waals surface area contributed by atoms with Crippen molar-refractivity contribution in [3.05, 3.63) is 0 Å². The second-order valence-electron chi connectivity index (χ2n) is 1.45. The van der Waals surface area contributed by atoms with E-state index < -0.39 is 11.8 Å². The molecule has 0 bridgehead atoms. The fraction of sp³-hybridized carbons (Fsp3) is 1.00. The molecule has 0 aromatic rings. The van der Waals surface area contributed by atoms with E-state index in [-0.39, 0.29) is 0 Å². The SMILES string of the molecule is CN=P(Cl)(Cl)N=P(Cl)(Cl)NC. The molecular weight excluding hydrogens is 270 g/mol. The molecule has 0 aliphatic heterocycles. The van der Waals surface area contributed by atoms with Crippen LogP contribution in [-0.2, 0) is 0 Å². The van der Waals surface area contributed by atoms with Gasteiger partial charge in [0.05, 0.1) is 0 Å². The molecule has 0 aliphatic rings. The highest BCUT2D eigenvalue weighted by atomic mass is 35.9. The summed E-state index contributed by atoms with van der Waals surface area (Å²) in [7, 11) is 3.06. The first kappa shape index (κ1) is 12.6. The quantitative estimate of drug-likeness (QED) is 0.730. The van der Waals surface area contributed by atoms with Crippen molar-refractivity contribution in [3.8, 4) is 0 Å². The molecule has 68 valence electrons. The van der Waals surface area contributed by atoms with Gasteiger partial charge in [0.1, 0.15) is 0 Å². The molecule has 0 spiro atoms. The van der Waals surface area contributed by atoms with E-state index in [9.17, 15) is 0 Å². The van der Waals surface area contributed by atoms with Gasteiger partial charge in [-0.2, -0.15) is 4.52 Å². The van der Waals surface area contributed by atoms with Crippen molar-refractivity contribution in [2.75, 3.05) is 14.1 Å². The fourth-order valence-corrected chi connectivity index (χ4v) is 6.81. The van der Waals surface area contributed by atoms with Gasteiger partial charge in [-0.15, -0.1) is 0 Å². The van der Waals surface area contributed by atoms with Crippen LogP contribution in [0.5, 0.6) is 0 Å². The van der Waals surface area contributed by atoms with E-state index in [2.05, 4.69) is 14.3 Å². The molecule has 0 unspecified atom stereocenters. The number of halogens is 4. The summed E-state index contributed by atoms with van der Waals surface area (Å²) in [5.41, 5.74) is 0. The smallest absolute Gasteiger partial charge is 0.250 e. The minimum absolute atomic E-state index is 1.47. The normalized spacial score (nSPS) is 12.9. The zero-order valence-corrected chi connectivity index (χ0v) is 10.6. The van der Waals surface area contributed by atoms with Gasteiger partial charge >= 0.3 is 0 Å². The van der Waals surface area contributed by atoms with Gasteiger partial charge in [0, 0.05) is 7.05 Å². The Hall–Kier alpha value is 1.58. The predicted molar refractivity (Wildman–Crippen MR) is 57.1 cm³/mol. The van der Waals surface area contributed by atoms with E-state index in [1.807, 2.05) is 0 Å². The Bertz CT molecular complexity index is 225. The summed E-state index contributed by atoms with van der Waals surface area (Å²) < 4.78 is 7.43. The molecule has 0 rings (SSSR count). The fourth-order valence-electron chi connectivity index (χ4n) is 0.220. The zero-order chi connectivity index (χ0) is 9.12. The van der Waals surface area contributed by atoms with Crippen LogP contribution in [0.2, 0.25) is 0 Å². The standard InChI is InChI=1S/C2H7Cl4N3P2/c1-7-10(3,4)9-11(5,6)8-2/h7H,1-2H3. The lowest BCUT2D eigenvalue weighted by atomic mass is 11.6. The lowest BCUT2D eigenvalue weighted by Gasteiger charge is -2.08. The maximum absolute atomic E-state index is 5.68. The summed E-state index contributed by atoms with van der Waals surface area (Å²) >= 11 is 22.7. The van der Waals surface area contributed by atoms with Gasteiger partial charge in [0.15, 0.2) is 0 Å². The largest absolute Gasteiger partial charge is 0.262 e. The molecule has 0 aromatic carbocycles. The monoisotopic (exact) mass is 275 g/mol. The predicted octanol–water partition coefficient (Wildman–Crippen LogP) is 4.68. The molecular formula is C2H7Cl4N3P2. The number of nitrogens with zero attached hydrogens (tertiary/aromatic N) is 2. The second kappa shape index (κ2) is 4.72. The number of nitrogens with one attached hydrogen (secondary N) is 1. The zero-order valence-electron chi connectivity index (χ0n) is 5.80. The van der Waals surface area contributed by atoms with Gasteiger partial charge in [-0.05, 0) is 52.0 Å². The summed E-state index contributed by atoms with van der Waals surface area (Å²) in [6.07, 6.45) is 0. The van der Waals surface area contributed by atoms with Crippen molar-refractivity contribution < 1.29 is 0 Å². The first-order valence-corrected chi connectivity index (χ1v) is 9.50. The summed E-state index contributed by atoms with van der Waals surface area (Å²) in [4.78, 5) is 0. The molecule has 0 aliphatic carbocycles. The van der Waals surface area contributed by atoms with Crippen LogP contribution in [0.4, 0.5) is 0 Å². The Labute approximate surface area is 85.1 Å². The highest BCUT2D eigenvalue weighted by molar-refractivity contribution is 8.17. The summed E-state index contributed by atoms with van der Waals surface area (Å²) in [5, 5.41) is 2.61. The van der Waals surface area contributed by atoms with Crippen LogP contribution < -0.4 is 5.09 Å². The average molecular weight is 277 g/mol. The highest BCUT2D eigenvalue weighted by Gasteiger charge is 2.16. The number of hydrogen-bond acceptors (Lipinski definition) is 1. The summed E-state index contributed by atoms with van der Waals surface area (Å²) in [6.45, 7) is 0. The van der Waals surface area contributed by atoms with E-state index in [0.29, 0.717) is 0 Å². The van der Waals surface area contributed by atoms with E-state index >= 15 is 0 Å². The van der Waals surface area contributed by atoms with Crippen LogP contribution in [0.3, 0.4) is 0 Å². The Kier molecular flexibility index (Phi) is 5.39. The van der Waals surface area contributed by atoms with Crippen LogP contribution in [0.15, 0.2) is 9.26 Å². The molecule has 9 heteroatoms. The van der Waals surface area contributed by atoms with Crippen LogP contribution in [0.25, 0.3) is 0 Å². The molecule has 0 saturated heterocycles. The van der Waals surface area contributed by atoms with Crippen LogP contribution in [0.1, 0.15) is 0 Å². The van der Waals surface area contributed by atoms with Crippen molar-refractivity contribution in [2.24, 2.45) is 9.26 Å². The molecule has 0 saturated carbocycles. The lowest BCUT2D eigenvalue weighted by Crippen LogP contribution is -1.90. The summed E-state index contributed by atoms with van der Waals surface area (Å²) in [5.74, 6) is -5.19. The molecule has 0 atom stereocenters. The first-order chi connectivity index (χ1) is 4.83. The first-order valence-electron chi connectivity index (χ1n) is 2.45. The molecule has 11 heavy (non-hydrogen) atoms. The van der Waals surface area contributed by atoms with Crippen molar-refractivity contribution in [1.29, 1.82) is 0 Å². The lowest BCUT2D eigenvalue weighted by molar-refractivity contribution is 1.28. The Morgan fingerprint density at radius 1 is 1.18 bits per heavy atom. The van der Waals surface area contributed by atoms with Gasteiger partial charge in [-0.25, -0.2) is 0 Å². The number of rotatable bonds is 2.